The van der Waals surface area contributed by atoms with E-state index in [-0.39, 0.29) is 11.6 Å². The Morgan fingerprint density at radius 1 is 1.03 bits per heavy atom. The predicted octanol–water partition coefficient (Wildman–Crippen LogP) is 3.37. The number of aryl methyl sites for hydroxylation is 1. The van der Waals surface area contributed by atoms with E-state index in [1.54, 1.807) is 13.1 Å². The second kappa shape index (κ2) is 10.1. The molecule has 0 radical (unpaired) electrons. The number of benzene rings is 2. The molecule has 0 aromatic heterocycles. The fraction of sp³-hybridized carbons (Fsp3) is 0.333. The van der Waals surface area contributed by atoms with Crippen LogP contribution < -0.4 is 15.5 Å². The van der Waals surface area contributed by atoms with Gasteiger partial charge in [-0.1, -0.05) is 67.3 Å². The number of nitrogens with zero attached hydrogens (tertiary/aromatic N) is 2. The molecule has 2 aromatic carbocycles. The highest BCUT2D eigenvalue weighted by atomic mass is 16.2. The molecule has 5 amide bonds. The molecule has 2 N–H and O–H groups in total. The first-order chi connectivity index (χ1) is 16.8. The molecule has 4 rings (SSSR count). The van der Waals surface area contributed by atoms with Gasteiger partial charge in [-0.25, -0.2) is 4.79 Å². The Balaban J connectivity index is 1.53. The van der Waals surface area contributed by atoms with Crippen molar-refractivity contribution in [2.45, 2.75) is 44.6 Å². The average molecular weight is 475 g/mol. The fourth-order valence-electron chi connectivity index (χ4n) is 4.58. The van der Waals surface area contributed by atoms with E-state index < -0.39 is 29.9 Å². The van der Waals surface area contributed by atoms with E-state index in [4.69, 9.17) is 0 Å². The van der Waals surface area contributed by atoms with E-state index in [9.17, 15) is 19.2 Å². The summed E-state index contributed by atoms with van der Waals surface area (Å²) in [5.41, 5.74) is 1.60. The number of likely N-dealkylation sites (N-methyl/N-ethyl adjacent to an activating group) is 1. The van der Waals surface area contributed by atoms with E-state index in [2.05, 4.69) is 10.6 Å². The van der Waals surface area contributed by atoms with Gasteiger partial charge in [-0.15, -0.1) is 0 Å². The van der Waals surface area contributed by atoms with E-state index in [1.165, 1.54) is 4.90 Å². The van der Waals surface area contributed by atoms with Crippen LogP contribution in [0.4, 0.5) is 10.5 Å². The lowest BCUT2D eigenvalue weighted by Crippen LogP contribution is -2.49. The summed E-state index contributed by atoms with van der Waals surface area (Å²) in [4.78, 5) is 54.3. The Hall–Kier alpha value is -3.94. The number of amides is 5. The van der Waals surface area contributed by atoms with Crippen LogP contribution in [0, 0.1) is 6.92 Å². The van der Waals surface area contributed by atoms with Crippen molar-refractivity contribution in [2.24, 2.45) is 0 Å². The second-order valence-corrected chi connectivity index (χ2v) is 9.18. The van der Waals surface area contributed by atoms with Crippen LogP contribution in [0.1, 0.15) is 43.2 Å². The van der Waals surface area contributed by atoms with Crippen LogP contribution in [0.2, 0.25) is 0 Å². The maximum atomic E-state index is 13.4. The van der Waals surface area contributed by atoms with Crippen LogP contribution in [0.25, 0.3) is 6.08 Å². The molecule has 0 atom stereocenters. The number of urea groups is 1. The van der Waals surface area contributed by atoms with Gasteiger partial charge in [-0.3, -0.25) is 19.3 Å². The maximum absolute atomic E-state index is 13.4. The summed E-state index contributed by atoms with van der Waals surface area (Å²) in [7, 11) is 1.63. The van der Waals surface area contributed by atoms with Crippen LogP contribution in [-0.4, -0.2) is 47.8 Å². The lowest BCUT2D eigenvalue weighted by atomic mass is 9.82. The average Bonchev–Trinajstić information content (AvgIpc) is 3.08. The lowest BCUT2D eigenvalue weighted by molar-refractivity contribution is -0.135. The number of rotatable bonds is 6. The highest BCUT2D eigenvalue weighted by Gasteiger charge is 2.51. The van der Waals surface area contributed by atoms with Gasteiger partial charge in [0.25, 0.3) is 11.8 Å². The third-order valence-corrected chi connectivity index (χ3v) is 6.60. The van der Waals surface area contributed by atoms with Gasteiger partial charge >= 0.3 is 6.03 Å². The predicted molar refractivity (Wildman–Crippen MR) is 133 cm³/mol. The molecule has 2 aromatic rings. The Morgan fingerprint density at radius 2 is 1.69 bits per heavy atom. The number of hydrogen-bond acceptors (Lipinski definition) is 4. The number of carbonyl (C=O) groups excluding carboxylic acids is 4. The van der Waals surface area contributed by atoms with Crippen molar-refractivity contribution < 1.29 is 19.2 Å². The fourth-order valence-corrected chi connectivity index (χ4v) is 4.58. The number of imide groups is 1. The molecule has 8 heteroatoms. The molecule has 0 unspecified atom stereocenters. The van der Waals surface area contributed by atoms with Gasteiger partial charge in [0.1, 0.15) is 17.8 Å². The molecule has 2 aliphatic rings. The van der Waals surface area contributed by atoms with Crippen molar-refractivity contribution in [2.75, 3.05) is 18.5 Å². The topological polar surface area (TPSA) is 98.8 Å². The Morgan fingerprint density at radius 3 is 2.34 bits per heavy atom. The summed E-state index contributed by atoms with van der Waals surface area (Å²) in [6.45, 7) is 1.50. The molecular formula is C27H30N4O4. The van der Waals surface area contributed by atoms with Crippen molar-refractivity contribution in [3.63, 3.8) is 0 Å². The first kappa shape index (κ1) is 24.2. The van der Waals surface area contributed by atoms with E-state index >= 15 is 0 Å². The zero-order chi connectivity index (χ0) is 25.0. The number of carbonyl (C=O) groups is 4. The summed E-state index contributed by atoms with van der Waals surface area (Å²) in [5.74, 6) is -1.41. The highest BCUT2D eigenvalue weighted by molar-refractivity contribution is 6.12. The maximum Gasteiger partial charge on any atom is 0.325 e. The van der Waals surface area contributed by atoms with Crippen LogP contribution in [0.3, 0.4) is 0 Å². The summed E-state index contributed by atoms with van der Waals surface area (Å²) in [5, 5.41) is 5.45. The minimum Gasteiger partial charge on any atom is -0.323 e. The summed E-state index contributed by atoms with van der Waals surface area (Å²) < 4.78 is 0. The van der Waals surface area contributed by atoms with Gasteiger partial charge < -0.3 is 15.5 Å². The number of nitrogens with one attached hydrogen (secondary N) is 2. The van der Waals surface area contributed by atoms with Crippen LogP contribution >= 0.6 is 0 Å². The normalized spacial score (nSPS) is 17.3. The van der Waals surface area contributed by atoms with Crippen molar-refractivity contribution >= 4 is 35.5 Å². The SMILES string of the molecule is Cc1ccc(N(C)C(=O)C(=Cc2ccccc2)NC(=O)CN2C(=O)NC3(CCCCC3)C2=O)cc1. The highest BCUT2D eigenvalue weighted by Crippen LogP contribution is 2.33. The zero-order valence-electron chi connectivity index (χ0n) is 20.0. The van der Waals surface area contributed by atoms with E-state index in [0.717, 1.165) is 35.3 Å². The molecular weight excluding hydrogens is 444 g/mol. The van der Waals surface area contributed by atoms with Gasteiger partial charge in [0.2, 0.25) is 5.91 Å². The van der Waals surface area contributed by atoms with E-state index in [0.29, 0.717) is 18.5 Å². The van der Waals surface area contributed by atoms with Crippen LogP contribution in [0.5, 0.6) is 0 Å². The Kier molecular flexibility index (Phi) is 7.00. The third-order valence-electron chi connectivity index (χ3n) is 6.60. The van der Waals surface area contributed by atoms with Crippen LogP contribution in [0.15, 0.2) is 60.3 Å². The first-order valence-electron chi connectivity index (χ1n) is 11.8. The molecule has 1 aliphatic carbocycles. The molecule has 35 heavy (non-hydrogen) atoms. The largest absolute Gasteiger partial charge is 0.325 e. The summed E-state index contributed by atoms with van der Waals surface area (Å²) >= 11 is 0. The van der Waals surface area contributed by atoms with Gasteiger partial charge in [0.15, 0.2) is 0 Å². The zero-order valence-corrected chi connectivity index (χ0v) is 20.0. The second-order valence-electron chi connectivity index (χ2n) is 9.18. The minimum absolute atomic E-state index is 0.0451. The Bertz CT molecular complexity index is 1150. The van der Waals surface area contributed by atoms with Crippen molar-refractivity contribution in [1.82, 2.24) is 15.5 Å². The molecule has 1 saturated carbocycles. The molecule has 0 bridgehead atoms. The van der Waals surface area contributed by atoms with E-state index in [1.807, 2.05) is 61.5 Å². The molecule has 1 heterocycles. The molecule has 2 fully saturated rings. The molecule has 182 valence electrons. The van der Waals surface area contributed by atoms with Gasteiger partial charge in [0.05, 0.1) is 0 Å². The number of hydrogen-bond donors (Lipinski definition) is 2. The summed E-state index contributed by atoms with van der Waals surface area (Å²) in [6.07, 6.45) is 5.48. The van der Waals surface area contributed by atoms with Crippen molar-refractivity contribution in [1.29, 1.82) is 0 Å². The number of anilines is 1. The molecule has 8 nitrogen and oxygen atoms in total. The lowest BCUT2D eigenvalue weighted by Gasteiger charge is -2.30. The molecule has 1 spiro atoms. The first-order valence-corrected chi connectivity index (χ1v) is 11.8. The van der Waals surface area contributed by atoms with Gasteiger partial charge in [0, 0.05) is 12.7 Å². The molecule has 1 aliphatic heterocycles. The van der Waals surface area contributed by atoms with Crippen LogP contribution in [-0.2, 0) is 14.4 Å². The Labute approximate surface area is 205 Å². The van der Waals surface area contributed by atoms with Gasteiger partial charge in [-0.2, -0.15) is 0 Å². The standard InChI is InChI=1S/C27H30N4O4/c1-19-11-13-21(14-12-19)30(2)24(33)22(17-20-9-5-3-6-10-20)28-23(32)18-31-25(34)27(29-26(31)35)15-7-4-8-16-27/h3,5-6,9-14,17H,4,7-8,15-16,18H2,1-2H3,(H,28,32)(H,29,35). The third kappa shape index (κ3) is 5.26. The van der Waals surface area contributed by atoms with Gasteiger partial charge in [-0.05, 0) is 43.5 Å². The quantitative estimate of drug-likeness (QED) is 0.495. The van der Waals surface area contributed by atoms with Crippen molar-refractivity contribution in [3.05, 3.63) is 71.4 Å². The minimum atomic E-state index is -0.903. The summed E-state index contributed by atoms with van der Waals surface area (Å²) in [6, 6.07) is 16.0. The molecule has 1 saturated heterocycles. The smallest absolute Gasteiger partial charge is 0.323 e. The van der Waals surface area contributed by atoms with Crippen molar-refractivity contribution in [3.8, 4) is 0 Å². The monoisotopic (exact) mass is 474 g/mol.